The molecule has 1 aliphatic heterocycles. The molecule has 0 unspecified atom stereocenters. The first-order valence-corrected chi connectivity index (χ1v) is 8.51. The number of hydrogen-bond acceptors (Lipinski definition) is 5. The Morgan fingerprint density at radius 2 is 2.32 bits per heavy atom. The summed E-state index contributed by atoms with van der Waals surface area (Å²) in [5.41, 5.74) is 0.954. The molecule has 0 atom stereocenters. The predicted molar refractivity (Wildman–Crippen MR) is 84.5 cm³/mol. The molecule has 0 saturated carbocycles. The lowest BCUT2D eigenvalue weighted by Gasteiger charge is -2.16. The van der Waals surface area contributed by atoms with Crippen LogP contribution >= 0.6 is 35.3 Å². The molecular formula is C13H14N2OS3. The summed E-state index contributed by atoms with van der Waals surface area (Å²) in [6.07, 6.45) is 2.51. The standard InChI is InChI=1S/C13H14N2OS3/c17-13(15-5-1-2-6-15)19-9-10-8-11(16-14-10)12-4-3-7-18-12/h3-4,7-8H,1-2,5-6,9H2. The SMILES string of the molecule is S=C(SCc1cc(-c2cccs2)on1)N1CCCC1. The van der Waals surface area contributed by atoms with Crippen LogP contribution in [0.4, 0.5) is 0 Å². The first kappa shape index (κ1) is 13.1. The molecular weight excluding hydrogens is 296 g/mol. The van der Waals surface area contributed by atoms with E-state index in [-0.39, 0.29) is 0 Å². The van der Waals surface area contributed by atoms with Crippen molar-refractivity contribution in [3.8, 4) is 10.6 Å². The van der Waals surface area contributed by atoms with Gasteiger partial charge in [0.15, 0.2) is 5.76 Å². The molecule has 1 saturated heterocycles. The largest absolute Gasteiger partial charge is 0.358 e. The number of likely N-dealkylation sites (tertiary alicyclic amines) is 1. The molecule has 0 N–H and O–H groups in total. The second kappa shape index (κ2) is 6.07. The summed E-state index contributed by atoms with van der Waals surface area (Å²) in [6.45, 7) is 2.20. The van der Waals surface area contributed by atoms with Gasteiger partial charge in [0.2, 0.25) is 0 Å². The van der Waals surface area contributed by atoms with Crippen molar-refractivity contribution < 1.29 is 4.52 Å². The lowest BCUT2D eigenvalue weighted by Crippen LogP contribution is -2.23. The van der Waals surface area contributed by atoms with Gasteiger partial charge in [0.25, 0.3) is 0 Å². The van der Waals surface area contributed by atoms with Crippen molar-refractivity contribution in [1.29, 1.82) is 0 Å². The highest BCUT2D eigenvalue weighted by molar-refractivity contribution is 8.22. The van der Waals surface area contributed by atoms with E-state index in [1.807, 2.05) is 23.6 Å². The van der Waals surface area contributed by atoms with Crippen LogP contribution in [0.3, 0.4) is 0 Å². The maximum atomic E-state index is 5.43. The van der Waals surface area contributed by atoms with Gasteiger partial charge in [0, 0.05) is 24.9 Å². The van der Waals surface area contributed by atoms with E-state index in [4.69, 9.17) is 16.7 Å². The molecule has 3 nitrogen and oxygen atoms in total. The minimum absolute atomic E-state index is 0.782. The Kier molecular flexibility index (Phi) is 4.20. The van der Waals surface area contributed by atoms with E-state index in [1.165, 1.54) is 12.8 Å². The number of rotatable bonds is 3. The normalized spacial score (nSPS) is 15.1. The first-order chi connectivity index (χ1) is 9.33. The molecule has 1 fully saturated rings. The number of aromatic nitrogens is 1. The van der Waals surface area contributed by atoms with E-state index in [0.29, 0.717) is 0 Å². The molecule has 100 valence electrons. The van der Waals surface area contributed by atoms with E-state index >= 15 is 0 Å². The molecule has 0 radical (unpaired) electrons. The van der Waals surface area contributed by atoms with Crippen LogP contribution in [0.15, 0.2) is 28.1 Å². The third-order valence-corrected chi connectivity index (χ3v) is 5.47. The van der Waals surface area contributed by atoms with E-state index < -0.39 is 0 Å². The van der Waals surface area contributed by atoms with E-state index in [1.54, 1.807) is 23.1 Å². The minimum atomic E-state index is 0.782. The number of thiocarbonyl (C=S) groups is 1. The molecule has 0 spiro atoms. The third kappa shape index (κ3) is 3.19. The van der Waals surface area contributed by atoms with Crippen molar-refractivity contribution in [1.82, 2.24) is 10.1 Å². The summed E-state index contributed by atoms with van der Waals surface area (Å²) in [5, 5.41) is 6.14. The molecule has 1 aliphatic rings. The average Bonchev–Trinajstić information content (AvgIpc) is 3.14. The molecule has 0 aliphatic carbocycles. The van der Waals surface area contributed by atoms with Crippen LogP contribution < -0.4 is 0 Å². The lowest BCUT2D eigenvalue weighted by atomic mass is 10.3. The number of thioether (sulfide) groups is 1. The van der Waals surface area contributed by atoms with Crippen molar-refractivity contribution in [2.75, 3.05) is 13.1 Å². The number of thiophene rings is 1. The fraction of sp³-hybridized carbons (Fsp3) is 0.385. The molecule has 6 heteroatoms. The lowest BCUT2D eigenvalue weighted by molar-refractivity contribution is 0.427. The van der Waals surface area contributed by atoms with Crippen molar-refractivity contribution in [2.45, 2.75) is 18.6 Å². The van der Waals surface area contributed by atoms with Gasteiger partial charge in [0.05, 0.1) is 10.6 Å². The van der Waals surface area contributed by atoms with Gasteiger partial charge in [-0.3, -0.25) is 0 Å². The van der Waals surface area contributed by atoms with Crippen LogP contribution in [0.2, 0.25) is 0 Å². The van der Waals surface area contributed by atoms with E-state index in [0.717, 1.165) is 39.5 Å². The van der Waals surface area contributed by atoms with Gasteiger partial charge in [-0.1, -0.05) is 35.2 Å². The Morgan fingerprint density at radius 1 is 1.47 bits per heavy atom. The van der Waals surface area contributed by atoms with Crippen LogP contribution in [-0.2, 0) is 5.75 Å². The Hall–Kier alpha value is -0.850. The van der Waals surface area contributed by atoms with Gasteiger partial charge in [-0.05, 0) is 24.3 Å². The van der Waals surface area contributed by atoms with Gasteiger partial charge < -0.3 is 9.42 Å². The van der Waals surface area contributed by atoms with Crippen LogP contribution in [0.25, 0.3) is 10.6 Å². The zero-order chi connectivity index (χ0) is 13.1. The zero-order valence-corrected chi connectivity index (χ0v) is 12.8. The molecule has 2 aromatic heterocycles. The van der Waals surface area contributed by atoms with E-state index in [9.17, 15) is 0 Å². The first-order valence-electron chi connectivity index (χ1n) is 6.24. The summed E-state index contributed by atoms with van der Waals surface area (Å²) in [7, 11) is 0. The maximum absolute atomic E-state index is 5.43. The zero-order valence-electron chi connectivity index (χ0n) is 10.4. The second-order valence-corrected chi connectivity index (χ2v) is 6.97. The molecule has 0 bridgehead atoms. The molecule has 3 heterocycles. The van der Waals surface area contributed by atoms with Gasteiger partial charge in [-0.15, -0.1) is 11.3 Å². The highest BCUT2D eigenvalue weighted by Gasteiger charge is 2.16. The van der Waals surface area contributed by atoms with Crippen molar-refractivity contribution in [3.05, 3.63) is 29.3 Å². The van der Waals surface area contributed by atoms with Crippen LogP contribution in [0.5, 0.6) is 0 Å². The van der Waals surface area contributed by atoms with Crippen molar-refractivity contribution >= 4 is 39.6 Å². The molecule has 2 aromatic rings. The predicted octanol–water partition coefficient (Wildman–Crippen LogP) is 4.02. The minimum Gasteiger partial charge on any atom is -0.358 e. The van der Waals surface area contributed by atoms with Crippen LogP contribution in [-0.4, -0.2) is 27.5 Å². The third-order valence-electron chi connectivity index (χ3n) is 3.03. The second-order valence-electron chi connectivity index (χ2n) is 4.41. The van der Waals surface area contributed by atoms with E-state index in [2.05, 4.69) is 10.1 Å². The quantitative estimate of drug-likeness (QED) is 0.799. The van der Waals surface area contributed by atoms with Gasteiger partial charge in [0.1, 0.15) is 4.32 Å². The Balaban J connectivity index is 1.57. The average molecular weight is 310 g/mol. The van der Waals surface area contributed by atoms with Crippen LogP contribution in [0.1, 0.15) is 18.5 Å². The molecule has 0 aromatic carbocycles. The fourth-order valence-electron chi connectivity index (χ4n) is 2.04. The summed E-state index contributed by atoms with van der Waals surface area (Å²) < 4.78 is 6.34. The monoisotopic (exact) mass is 310 g/mol. The summed E-state index contributed by atoms with van der Waals surface area (Å²) in [4.78, 5) is 3.39. The molecule has 3 rings (SSSR count). The summed E-state index contributed by atoms with van der Waals surface area (Å²) in [5.74, 6) is 1.63. The van der Waals surface area contributed by atoms with Crippen LogP contribution in [0, 0.1) is 0 Å². The van der Waals surface area contributed by atoms with Gasteiger partial charge >= 0.3 is 0 Å². The topological polar surface area (TPSA) is 29.3 Å². The molecule has 0 amide bonds. The van der Waals surface area contributed by atoms with Crippen molar-refractivity contribution in [3.63, 3.8) is 0 Å². The summed E-state index contributed by atoms with van der Waals surface area (Å²) >= 11 is 8.77. The smallest absolute Gasteiger partial charge is 0.177 e. The van der Waals surface area contributed by atoms with Crippen molar-refractivity contribution in [2.24, 2.45) is 0 Å². The molecule has 19 heavy (non-hydrogen) atoms. The van der Waals surface area contributed by atoms with Gasteiger partial charge in [-0.25, -0.2) is 0 Å². The maximum Gasteiger partial charge on any atom is 0.177 e. The number of nitrogens with zero attached hydrogens (tertiary/aromatic N) is 2. The summed E-state index contributed by atoms with van der Waals surface area (Å²) in [6, 6.07) is 6.06. The highest BCUT2D eigenvalue weighted by atomic mass is 32.2. The Bertz CT molecular complexity index is 544. The Labute approximate surface area is 126 Å². The van der Waals surface area contributed by atoms with Gasteiger partial charge in [-0.2, -0.15) is 0 Å². The number of hydrogen-bond donors (Lipinski definition) is 0. The highest BCUT2D eigenvalue weighted by Crippen LogP contribution is 2.27. The fourth-order valence-corrected chi connectivity index (χ4v) is 3.85. The Morgan fingerprint density at radius 3 is 3.05 bits per heavy atom.